The van der Waals surface area contributed by atoms with Crippen molar-refractivity contribution in [2.45, 2.75) is 29.0 Å². The molecule has 3 nitrogen and oxygen atoms in total. The van der Waals surface area contributed by atoms with Crippen LogP contribution in [0.3, 0.4) is 0 Å². The Bertz CT molecular complexity index is 391. The Kier molecular flexibility index (Phi) is 2.69. The minimum Gasteiger partial charge on any atom is -0.486 e. The highest BCUT2D eigenvalue weighted by Crippen LogP contribution is 2.40. The van der Waals surface area contributed by atoms with Gasteiger partial charge in [-0.05, 0) is 31.0 Å². The van der Waals surface area contributed by atoms with Crippen LogP contribution in [0.5, 0.6) is 11.5 Å². The van der Waals surface area contributed by atoms with E-state index in [1.165, 1.54) is 4.90 Å². The standard InChI is InChI=1S/C12H15NO2S/c13-8-5-10(6-8)16-9-1-2-11-12(7-9)15-4-3-14-11/h1-2,7-8,10H,3-6,13H2. The predicted octanol–water partition coefficient (Wildman–Crippen LogP) is 2.04. The average Bonchev–Trinajstić information content (AvgIpc) is 2.27. The van der Waals surface area contributed by atoms with Crippen LogP contribution in [0, 0.1) is 0 Å². The van der Waals surface area contributed by atoms with E-state index in [2.05, 4.69) is 12.1 Å². The highest BCUT2D eigenvalue weighted by Gasteiger charge is 2.27. The summed E-state index contributed by atoms with van der Waals surface area (Å²) in [6.07, 6.45) is 2.25. The summed E-state index contributed by atoms with van der Waals surface area (Å²) in [5.74, 6) is 1.74. The second-order valence-electron chi connectivity index (χ2n) is 4.28. The number of hydrogen-bond donors (Lipinski definition) is 1. The lowest BCUT2D eigenvalue weighted by Crippen LogP contribution is -2.38. The fourth-order valence-corrected chi connectivity index (χ4v) is 3.39. The van der Waals surface area contributed by atoms with Gasteiger partial charge in [-0.3, -0.25) is 0 Å². The summed E-state index contributed by atoms with van der Waals surface area (Å²) in [7, 11) is 0. The van der Waals surface area contributed by atoms with E-state index in [1.807, 2.05) is 17.8 Å². The molecule has 0 atom stereocenters. The maximum absolute atomic E-state index is 5.78. The van der Waals surface area contributed by atoms with Gasteiger partial charge in [0.25, 0.3) is 0 Å². The Labute approximate surface area is 99.3 Å². The van der Waals surface area contributed by atoms with E-state index in [9.17, 15) is 0 Å². The van der Waals surface area contributed by atoms with Crippen LogP contribution in [0.4, 0.5) is 0 Å². The van der Waals surface area contributed by atoms with Gasteiger partial charge < -0.3 is 15.2 Å². The molecule has 0 spiro atoms. The molecule has 0 bridgehead atoms. The van der Waals surface area contributed by atoms with E-state index >= 15 is 0 Å². The van der Waals surface area contributed by atoms with E-state index in [-0.39, 0.29) is 0 Å². The van der Waals surface area contributed by atoms with Crippen LogP contribution >= 0.6 is 11.8 Å². The highest BCUT2D eigenvalue weighted by molar-refractivity contribution is 8.00. The van der Waals surface area contributed by atoms with Gasteiger partial charge in [-0.15, -0.1) is 11.8 Å². The minimum atomic E-state index is 0.412. The Morgan fingerprint density at radius 2 is 1.88 bits per heavy atom. The van der Waals surface area contributed by atoms with Gasteiger partial charge in [0.15, 0.2) is 11.5 Å². The van der Waals surface area contributed by atoms with Crippen molar-refractivity contribution in [3.63, 3.8) is 0 Å². The molecule has 3 rings (SSSR count). The van der Waals surface area contributed by atoms with Gasteiger partial charge in [0.1, 0.15) is 13.2 Å². The van der Waals surface area contributed by atoms with Crippen molar-refractivity contribution in [2.75, 3.05) is 13.2 Å². The largest absolute Gasteiger partial charge is 0.486 e. The van der Waals surface area contributed by atoms with E-state index in [0.29, 0.717) is 24.5 Å². The molecule has 1 fully saturated rings. The summed E-state index contributed by atoms with van der Waals surface area (Å²) < 4.78 is 11.0. The maximum Gasteiger partial charge on any atom is 0.162 e. The lowest BCUT2D eigenvalue weighted by molar-refractivity contribution is 0.171. The van der Waals surface area contributed by atoms with E-state index < -0.39 is 0 Å². The zero-order valence-corrected chi connectivity index (χ0v) is 9.83. The molecule has 2 N–H and O–H groups in total. The Morgan fingerprint density at radius 3 is 2.62 bits per heavy atom. The van der Waals surface area contributed by atoms with Crippen molar-refractivity contribution in [3.05, 3.63) is 18.2 Å². The van der Waals surface area contributed by atoms with Gasteiger partial charge >= 0.3 is 0 Å². The molecule has 0 aromatic heterocycles. The molecule has 86 valence electrons. The summed E-state index contributed by atoms with van der Waals surface area (Å²) >= 11 is 1.89. The molecular weight excluding hydrogens is 222 g/mol. The van der Waals surface area contributed by atoms with Crippen LogP contribution in [-0.4, -0.2) is 24.5 Å². The normalized spacial score (nSPS) is 27.3. The molecule has 0 saturated heterocycles. The molecule has 0 amide bonds. The number of fused-ring (bicyclic) bond motifs is 1. The first kappa shape index (κ1) is 10.3. The zero-order valence-electron chi connectivity index (χ0n) is 9.02. The number of nitrogens with two attached hydrogens (primary N) is 1. The average molecular weight is 237 g/mol. The number of hydrogen-bond acceptors (Lipinski definition) is 4. The van der Waals surface area contributed by atoms with Crippen molar-refractivity contribution in [1.82, 2.24) is 0 Å². The van der Waals surface area contributed by atoms with Crippen molar-refractivity contribution >= 4 is 11.8 Å². The van der Waals surface area contributed by atoms with Crippen LogP contribution in [0.1, 0.15) is 12.8 Å². The summed E-state index contributed by atoms with van der Waals surface area (Å²) in [5, 5.41) is 0.678. The van der Waals surface area contributed by atoms with Gasteiger partial charge in [0.2, 0.25) is 0 Å². The lowest BCUT2D eigenvalue weighted by atomic mass is 9.94. The summed E-state index contributed by atoms with van der Waals surface area (Å²) in [6.45, 7) is 1.30. The van der Waals surface area contributed by atoms with Crippen LogP contribution in [0.2, 0.25) is 0 Å². The molecule has 0 unspecified atom stereocenters. The SMILES string of the molecule is NC1CC(Sc2ccc3c(c2)OCCO3)C1. The molecule has 4 heteroatoms. The highest BCUT2D eigenvalue weighted by atomic mass is 32.2. The van der Waals surface area contributed by atoms with E-state index in [4.69, 9.17) is 15.2 Å². The van der Waals surface area contributed by atoms with Crippen LogP contribution in [0.15, 0.2) is 23.1 Å². The van der Waals surface area contributed by atoms with Crippen LogP contribution in [-0.2, 0) is 0 Å². The van der Waals surface area contributed by atoms with Crippen LogP contribution in [0.25, 0.3) is 0 Å². The molecule has 1 heterocycles. The molecule has 1 aliphatic carbocycles. The fraction of sp³-hybridized carbons (Fsp3) is 0.500. The summed E-state index contributed by atoms with van der Waals surface area (Å²) in [4.78, 5) is 1.25. The minimum absolute atomic E-state index is 0.412. The van der Waals surface area contributed by atoms with Crippen molar-refractivity contribution in [1.29, 1.82) is 0 Å². The molecule has 1 aromatic carbocycles. The fourth-order valence-electron chi connectivity index (χ4n) is 1.99. The maximum atomic E-state index is 5.78. The Hall–Kier alpha value is -0.870. The predicted molar refractivity (Wildman–Crippen MR) is 64.3 cm³/mol. The molecule has 1 aromatic rings. The van der Waals surface area contributed by atoms with Crippen LogP contribution < -0.4 is 15.2 Å². The van der Waals surface area contributed by atoms with Gasteiger partial charge in [-0.2, -0.15) is 0 Å². The lowest BCUT2D eigenvalue weighted by Gasteiger charge is -2.31. The third-order valence-electron chi connectivity index (χ3n) is 2.95. The third kappa shape index (κ3) is 1.99. The third-order valence-corrected chi connectivity index (χ3v) is 4.19. The number of thioether (sulfide) groups is 1. The van der Waals surface area contributed by atoms with E-state index in [1.54, 1.807) is 0 Å². The van der Waals surface area contributed by atoms with Crippen molar-refractivity contribution in [3.8, 4) is 11.5 Å². The Balaban J connectivity index is 1.71. The Morgan fingerprint density at radius 1 is 1.12 bits per heavy atom. The quantitative estimate of drug-likeness (QED) is 0.855. The van der Waals surface area contributed by atoms with E-state index in [0.717, 1.165) is 24.3 Å². The van der Waals surface area contributed by atoms with Gasteiger partial charge in [0.05, 0.1) is 0 Å². The molecule has 1 aliphatic heterocycles. The van der Waals surface area contributed by atoms with Gasteiger partial charge in [-0.25, -0.2) is 0 Å². The number of benzene rings is 1. The second kappa shape index (κ2) is 4.18. The first-order valence-corrected chi connectivity index (χ1v) is 6.51. The molecular formula is C12H15NO2S. The number of ether oxygens (including phenoxy) is 2. The zero-order chi connectivity index (χ0) is 11.0. The first-order valence-electron chi connectivity index (χ1n) is 5.63. The first-order chi connectivity index (χ1) is 7.81. The molecule has 1 saturated carbocycles. The monoisotopic (exact) mass is 237 g/mol. The topological polar surface area (TPSA) is 44.5 Å². The van der Waals surface area contributed by atoms with Gasteiger partial charge in [-0.1, -0.05) is 0 Å². The van der Waals surface area contributed by atoms with Crippen molar-refractivity contribution < 1.29 is 9.47 Å². The second-order valence-corrected chi connectivity index (χ2v) is 5.65. The molecule has 2 aliphatic rings. The smallest absolute Gasteiger partial charge is 0.162 e. The molecule has 0 radical (unpaired) electrons. The summed E-state index contributed by atoms with van der Waals surface area (Å²) in [6, 6.07) is 6.58. The summed E-state index contributed by atoms with van der Waals surface area (Å²) in [5.41, 5.74) is 5.78. The van der Waals surface area contributed by atoms with Crippen molar-refractivity contribution in [2.24, 2.45) is 5.73 Å². The molecule has 16 heavy (non-hydrogen) atoms. The van der Waals surface area contributed by atoms with Gasteiger partial charge in [0, 0.05) is 16.2 Å². The number of rotatable bonds is 2.